The Kier molecular flexibility index (Phi) is 4.19. The zero-order chi connectivity index (χ0) is 13.1. The van der Waals surface area contributed by atoms with E-state index in [0.717, 1.165) is 28.8 Å². The Bertz CT molecular complexity index is 534. The normalized spacial score (nSPS) is 12.7. The quantitative estimate of drug-likeness (QED) is 0.942. The molecule has 96 valence electrons. The van der Waals surface area contributed by atoms with Crippen LogP contribution in [0.4, 0.5) is 0 Å². The molecule has 0 saturated carbocycles. The highest BCUT2D eigenvalue weighted by Gasteiger charge is 2.13. The Hall–Kier alpha value is -1.13. The molecule has 0 fully saturated rings. The van der Waals surface area contributed by atoms with Gasteiger partial charge in [-0.2, -0.15) is 5.10 Å². The maximum atomic E-state index is 6.29. The van der Waals surface area contributed by atoms with Gasteiger partial charge >= 0.3 is 0 Å². The third-order valence-electron chi connectivity index (χ3n) is 2.96. The van der Waals surface area contributed by atoms with Crippen LogP contribution in [-0.2, 0) is 13.0 Å². The minimum atomic E-state index is -0.0135. The van der Waals surface area contributed by atoms with Gasteiger partial charge in [0.1, 0.15) is 0 Å². The number of rotatable bonds is 4. The molecule has 0 saturated heterocycles. The van der Waals surface area contributed by atoms with Crippen molar-refractivity contribution >= 4 is 15.9 Å². The van der Waals surface area contributed by atoms with E-state index in [1.807, 2.05) is 23.7 Å². The van der Waals surface area contributed by atoms with Crippen LogP contribution in [0.5, 0.6) is 0 Å². The van der Waals surface area contributed by atoms with Crippen LogP contribution in [0.15, 0.2) is 34.8 Å². The zero-order valence-electron chi connectivity index (χ0n) is 10.7. The topological polar surface area (TPSA) is 43.8 Å². The van der Waals surface area contributed by atoms with E-state index in [1.165, 1.54) is 5.56 Å². The summed E-state index contributed by atoms with van der Waals surface area (Å²) in [4.78, 5) is 0. The molecule has 2 rings (SSSR count). The van der Waals surface area contributed by atoms with Gasteiger partial charge in [0.15, 0.2) is 0 Å². The zero-order valence-corrected chi connectivity index (χ0v) is 12.3. The van der Waals surface area contributed by atoms with Crippen molar-refractivity contribution in [1.82, 2.24) is 9.78 Å². The fraction of sp³-hybridized carbons (Fsp3) is 0.357. The lowest BCUT2D eigenvalue weighted by Crippen LogP contribution is -2.18. The lowest BCUT2D eigenvalue weighted by atomic mass is 10.0. The van der Waals surface area contributed by atoms with Crippen molar-refractivity contribution in [2.45, 2.75) is 32.9 Å². The molecule has 1 aromatic heterocycles. The van der Waals surface area contributed by atoms with Crippen LogP contribution in [0, 0.1) is 6.92 Å². The summed E-state index contributed by atoms with van der Waals surface area (Å²) in [5.74, 6) is 0. The lowest BCUT2D eigenvalue weighted by molar-refractivity contribution is 0.566. The van der Waals surface area contributed by atoms with Gasteiger partial charge in [0.2, 0.25) is 0 Å². The molecular formula is C14H18BrN3. The molecule has 1 unspecified atom stereocenters. The molecule has 1 heterocycles. The van der Waals surface area contributed by atoms with Crippen LogP contribution in [-0.4, -0.2) is 9.78 Å². The van der Waals surface area contributed by atoms with E-state index < -0.39 is 0 Å². The van der Waals surface area contributed by atoms with Gasteiger partial charge in [-0.25, -0.2) is 0 Å². The third kappa shape index (κ3) is 3.00. The first-order chi connectivity index (χ1) is 8.60. The lowest BCUT2D eigenvalue weighted by Gasteiger charge is -2.13. The molecule has 1 aromatic carbocycles. The van der Waals surface area contributed by atoms with Crippen LogP contribution in [0.3, 0.4) is 0 Å². The molecule has 0 aliphatic heterocycles. The second-order valence-electron chi connectivity index (χ2n) is 4.47. The summed E-state index contributed by atoms with van der Waals surface area (Å²) >= 11 is 3.48. The average Bonchev–Trinajstić information content (AvgIpc) is 2.70. The molecule has 0 aliphatic carbocycles. The summed E-state index contributed by atoms with van der Waals surface area (Å²) < 4.78 is 3.07. The van der Waals surface area contributed by atoms with E-state index >= 15 is 0 Å². The summed E-state index contributed by atoms with van der Waals surface area (Å²) in [6.07, 6.45) is 0.824. The Morgan fingerprint density at radius 2 is 2.17 bits per heavy atom. The van der Waals surface area contributed by atoms with Crippen molar-refractivity contribution in [2.75, 3.05) is 0 Å². The first kappa shape index (κ1) is 13.3. The summed E-state index contributed by atoms with van der Waals surface area (Å²) in [5, 5.41) is 4.44. The number of aryl methyl sites for hydroxylation is 2. The number of aromatic nitrogens is 2. The first-order valence-corrected chi connectivity index (χ1v) is 6.94. The summed E-state index contributed by atoms with van der Waals surface area (Å²) in [5.41, 5.74) is 9.66. The second kappa shape index (κ2) is 5.67. The molecule has 18 heavy (non-hydrogen) atoms. The predicted octanol–water partition coefficient (Wildman–Crippen LogP) is 3.22. The molecular weight excluding hydrogens is 290 g/mol. The molecule has 2 N–H and O–H groups in total. The molecule has 1 atom stereocenters. The minimum absolute atomic E-state index is 0.0135. The molecule has 0 spiro atoms. The van der Waals surface area contributed by atoms with Gasteiger partial charge in [0.25, 0.3) is 0 Å². The van der Waals surface area contributed by atoms with Gasteiger partial charge in [-0.3, -0.25) is 4.68 Å². The summed E-state index contributed by atoms with van der Waals surface area (Å²) in [6, 6.07) is 10.3. The molecule has 0 radical (unpaired) electrons. The van der Waals surface area contributed by atoms with Crippen LogP contribution < -0.4 is 5.73 Å². The largest absolute Gasteiger partial charge is 0.322 e. The molecule has 4 heteroatoms. The molecule has 2 aromatic rings. The van der Waals surface area contributed by atoms with Gasteiger partial charge in [-0.1, -0.05) is 28.1 Å². The Morgan fingerprint density at radius 3 is 2.83 bits per heavy atom. The third-order valence-corrected chi connectivity index (χ3v) is 3.45. The first-order valence-electron chi connectivity index (χ1n) is 6.14. The highest BCUT2D eigenvalue weighted by Crippen LogP contribution is 2.19. The number of hydrogen-bond donors (Lipinski definition) is 1. The van der Waals surface area contributed by atoms with Crippen molar-refractivity contribution in [3.05, 3.63) is 51.8 Å². The number of nitrogens with zero attached hydrogens (tertiary/aromatic N) is 2. The van der Waals surface area contributed by atoms with Crippen LogP contribution in [0.2, 0.25) is 0 Å². The van der Waals surface area contributed by atoms with E-state index in [2.05, 4.69) is 46.2 Å². The van der Waals surface area contributed by atoms with Gasteiger partial charge in [-0.15, -0.1) is 0 Å². The van der Waals surface area contributed by atoms with Crippen molar-refractivity contribution in [3.8, 4) is 0 Å². The molecule has 0 bridgehead atoms. The van der Waals surface area contributed by atoms with Crippen molar-refractivity contribution in [3.63, 3.8) is 0 Å². The Balaban J connectivity index is 2.18. The Morgan fingerprint density at radius 1 is 1.39 bits per heavy atom. The van der Waals surface area contributed by atoms with Gasteiger partial charge < -0.3 is 5.73 Å². The van der Waals surface area contributed by atoms with E-state index in [9.17, 15) is 0 Å². The SMILES string of the molecule is CCn1nc(C)cc1C(N)Cc1cccc(Br)c1. The molecule has 0 amide bonds. The van der Waals surface area contributed by atoms with E-state index in [-0.39, 0.29) is 6.04 Å². The monoisotopic (exact) mass is 307 g/mol. The fourth-order valence-corrected chi connectivity index (χ4v) is 2.59. The predicted molar refractivity (Wildman–Crippen MR) is 77.4 cm³/mol. The Labute approximate surface area is 116 Å². The number of halogens is 1. The fourth-order valence-electron chi connectivity index (χ4n) is 2.14. The summed E-state index contributed by atoms with van der Waals surface area (Å²) in [6.45, 7) is 4.94. The average molecular weight is 308 g/mol. The van der Waals surface area contributed by atoms with Crippen LogP contribution in [0.1, 0.15) is 29.9 Å². The summed E-state index contributed by atoms with van der Waals surface area (Å²) in [7, 11) is 0. The van der Waals surface area contributed by atoms with E-state index in [1.54, 1.807) is 0 Å². The van der Waals surface area contributed by atoms with Crippen molar-refractivity contribution in [1.29, 1.82) is 0 Å². The highest BCUT2D eigenvalue weighted by molar-refractivity contribution is 9.10. The van der Waals surface area contributed by atoms with Crippen LogP contribution in [0.25, 0.3) is 0 Å². The standard InChI is InChI=1S/C14H18BrN3/c1-3-18-14(7-10(2)17-18)13(16)9-11-5-4-6-12(15)8-11/h4-8,13H,3,9,16H2,1-2H3. The van der Waals surface area contributed by atoms with E-state index in [4.69, 9.17) is 5.73 Å². The number of hydrogen-bond acceptors (Lipinski definition) is 2. The van der Waals surface area contributed by atoms with Crippen molar-refractivity contribution < 1.29 is 0 Å². The smallest absolute Gasteiger partial charge is 0.0597 e. The van der Waals surface area contributed by atoms with Gasteiger partial charge in [0.05, 0.1) is 17.4 Å². The van der Waals surface area contributed by atoms with Crippen LogP contribution >= 0.6 is 15.9 Å². The molecule has 3 nitrogen and oxygen atoms in total. The van der Waals surface area contributed by atoms with Crippen molar-refractivity contribution in [2.24, 2.45) is 5.73 Å². The maximum absolute atomic E-state index is 6.29. The number of nitrogens with two attached hydrogens (primary N) is 1. The maximum Gasteiger partial charge on any atom is 0.0597 e. The second-order valence-corrected chi connectivity index (χ2v) is 5.38. The highest BCUT2D eigenvalue weighted by atomic mass is 79.9. The van der Waals surface area contributed by atoms with Gasteiger partial charge in [-0.05, 0) is 44.0 Å². The minimum Gasteiger partial charge on any atom is -0.322 e. The number of benzene rings is 1. The van der Waals surface area contributed by atoms with E-state index in [0.29, 0.717) is 0 Å². The molecule has 0 aliphatic rings. The van der Waals surface area contributed by atoms with Gasteiger partial charge in [0, 0.05) is 11.0 Å².